The van der Waals surface area contributed by atoms with Crippen LogP contribution in [0.2, 0.25) is 0 Å². The second kappa shape index (κ2) is 5.53. The van der Waals surface area contributed by atoms with E-state index in [-0.39, 0.29) is 18.2 Å². The summed E-state index contributed by atoms with van der Waals surface area (Å²) in [5, 5.41) is 7.43. The maximum Gasteiger partial charge on any atom is 0.149 e. The first-order valence-electron chi connectivity index (χ1n) is 3.64. The summed E-state index contributed by atoms with van der Waals surface area (Å²) in [5.74, 6) is 0.358. The van der Waals surface area contributed by atoms with Crippen LogP contribution in [0, 0.1) is 0 Å². The molecule has 1 aromatic rings. The molecule has 0 spiro atoms. The fraction of sp³-hybridized carbons (Fsp3) is 0.667. The predicted octanol–water partition coefficient (Wildman–Crippen LogP) is 0.483. The van der Waals surface area contributed by atoms with Gasteiger partial charge in [0.1, 0.15) is 9.84 Å². The van der Waals surface area contributed by atoms with Gasteiger partial charge >= 0.3 is 0 Å². The topological polar surface area (TPSA) is 64.8 Å². The summed E-state index contributed by atoms with van der Waals surface area (Å²) in [7, 11) is -2.94. The molecule has 0 atom stereocenters. The summed E-state index contributed by atoms with van der Waals surface area (Å²) in [5.41, 5.74) is 0.648. The highest BCUT2D eigenvalue weighted by molar-refractivity contribution is 7.90. The molecule has 1 rings (SSSR count). The van der Waals surface area contributed by atoms with E-state index in [0.29, 0.717) is 18.1 Å². The van der Waals surface area contributed by atoms with Gasteiger partial charge in [-0.1, -0.05) is 5.21 Å². The van der Waals surface area contributed by atoms with Gasteiger partial charge in [-0.15, -0.1) is 29.1 Å². The van der Waals surface area contributed by atoms with Crippen molar-refractivity contribution in [2.75, 3.05) is 12.0 Å². The Morgan fingerprint density at radius 3 is 2.64 bits per heavy atom. The van der Waals surface area contributed by atoms with Crippen molar-refractivity contribution in [3.8, 4) is 0 Å². The van der Waals surface area contributed by atoms with E-state index in [2.05, 4.69) is 10.3 Å². The molecule has 1 heterocycles. The highest BCUT2D eigenvalue weighted by atomic mass is 35.5. The average Bonchev–Trinajstić information content (AvgIpc) is 2.47. The molecule has 0 aliphatic carbocycles. The standard InChI is InChI=1S/C6H10ClN3O2S.ClH/c1-13(11,12)3-2-10-5-6(4-7)8-9-10;/h5H,2-4H2,1H3;1H. The molecule has 0 fully saturated rings. The molecule has 0 aliphatic heterocycles. The number of sulfone groups is 1. The van der Waals surface area contributed by atoms with Crippen molar-refractivity contribution >= 4 is 33.8 Å². The minimum atomic E-state index is -2.94. The molecule has 0 unspecified atom stereocenters. The zero-order valence-electron chi connectivity index (χ0n) is 7.55. The molecule has 8 heteroatoms. The van der Waals surface area contributed by atoms with E-state index in [9.17, 15) is 8.42 Å². The van der Waals surface area contributed by atoms with Crippen molar-refractivity contribution in [2.45, 2.75) is 12.4 Å². The van der Waals surface area contributed by atoms with Gasteiger partial charge in [-0.05, 0) is 0 Å². The van der Waals surface area contributed by atoms with E-state index in [4.69, 9.17) is 11.6 Å². The minimum Gasteiger partial charge on any atom is -0.251 e. The Kier molecular flexibility index (Phi) is 5.40. The van der Waals surface area contributed by atoms with E-state index in [1.54, 1.807) is 6.20 Å². The molecule has 0 aromatic carbocycles. The predicted molar refractivity (Wildman–Crippen MR) is 56.5 cm³/mol. The largest absolute Gasteiger partial charge is 0.251 e. The van der Waals surface area contributed by atoms with Gasteiger partial charge in [0.05, 0.1) is 23.9 Å². The van der Waals surface area contributed by atoms with Crippen LogP contribution in [0.3, 0.4) is 0 Å². The second-order valence-corrected chi connectivity index (χ2v) is 5.26. The Hall–Kier alpha value is -0.330. The van der Waals surface area contributed by atoms with Crippen molar-refractivity contribution in [1.29, 1.82) is 0 Å². The second-order valence-electron chi connectivity index (χ2n) is 2.74. The molecule has 0 saturated carbocycles. The van der Waals surface area contributed by atoms with Crippen LogP contribution >= 0.6 is 24.0 Å². The number of nitrogens with zero attached hydrogens (tertiary/aromatic N) is 3. The molecule has 0 aliphatic rings. The molecule has 1 aromatic heterocycles. The number of halogens is 2. The molecule has 0 N–H and O–H groups in total. The minimum absolute atomic E-state index is 0. The van der Waals surface area contributed by atoms with Crippen molar-refractivity contribution < 1.29 is 8.42 Å². The molecule has 0 saturated heterocycles. The molecule has 5 nitrogen and oxygen atoms in total. The van der Waals surface area contributed by atoms with Crippen LogP contribution in [0.1, 0.15) is 5.69 Å². The molecule has 0 amide bonds. The molecular weight excluding hydrogens is 249 g/mol. The first-order chi connectivity index (χ1) is 6.01. The van der Waals surface area contributed by atoms with Crippen LogP contribution < -0.4 is 0 Å². The van der Waals surface area contributed by atoms with E-state index < -0.39 is 9.84 Å². The molecule has 82 valence electrons. The zero-order chi connectivity index (χ0) is 9.90. The molecule has 0 radical (unpaired) electrons. The zero-order valence-corrected chi connectivity index (χ0v) is 9.94. The smallest absolute Gasteiger partial charge is 0.149 e. The Bertz CT molecular complexity index is 376. The lowest BCUT2D eigenvalue weighted by molar-refractivity contribution is 0.579. The Labute approximate surface area is 93.8 Å². The molecular formula is C6H11Cl2N3O2S. The normalized spacial score (nSPS) is 11.0. The Morgan fingerprint density at radius 2 is 2.21 bits per heavy atom. The van der Waals surface area contributed by atoms with Crippen molar-refractivity contribution in [1.82, 2.24) is 15.0 Å². The lowest BCUT2D eigenvalue weighted by Gasteiger charge is -1.96. The average molecular weight is 260 g/mol. The first-order valence-corrected chi connectivity index (χ1v) is 6.23. The van der Waals surface area contributed by atoms with Crippen molar-refractivity contribution in [2.24, 2.45) is 0 Å². The maximum atomic E-state index is 10.8. The highest BCUT2D eigenvalue weighted by Gasteiger charge is 2.04. The maximum absolute atomic E-state index is 10.8. The van der Waals surface area contributed by atoms with E-state index in [0.717, 1.165) is 0 Å². The SMILES string of the molecule is CS(=O)(=O)CCn1cc(CCl)nn1.Cl. The van der Waals surface area contributed by atoms with Gasteiger partial charge in [0.25, 0.3) is 0 Å². The van der Waals surface area contributed by atoms with Crippen LogP contribution in [0.5, 0.6) is 0 Å². The lowest BCUT2D eigenvalue weighted by Crippen LogP contribution is -2.11. The van der Waals surface area contributed by atoms with Gasteiger partial charge in [-0.2, -0.15) is 0 Å². The van der Waals surface area contributed by atoms with E-state index in [1.165, 1.54) is 10.9 Å². The summed E-state index contributed by atoms with van der Waals surface area (Å²) < 4.78 is 23.1. The van der Waals surface area contributed by atoms with Gasteiger partial charge in [-0.25, -0.2) is 8.42 Å². The number of aryl methyl sites for hydroxylation is 1. The van der Waals surface area contributed by atoms with E-state index >= 15 is 0 Å². The number of rotatable bonds is 4. The fourth-order valence-electron chi connectivity index (χ4n) is 0.768. The van der Waals surface area contributed by atoms with E-state index in [1.807, 2.05) is 0 Å². The summed E-state index contributed by atoms with van der Waals surface area (Å²) in [6, 6.07) is 0. The number of hydrogen-bond donors (Lipinski definition) is 0. The Morgan fingerprint density at radius 1 is 1.57 bits per heavy atom. The van der Waals surface area contributed by atoms with Crippen molar-refractivity contribution in [3.63, 3.8) is 0 Å². The summed E-state index contributed by atoms with van der Waals surface area (Å²) in [6.45, 7) is 0.322. The van der Waals surface area contributed by atoms with Crippen molar-refractivity contribution in [3.05, 3.63) is 11.9 Å². The summed E-state index contributed by atoms with van der Waals surface area (Å²) in [4.78, 5) is 0. The van der Waals surface area contributed by atoms with Crippen LogP contribution in [0.25, 0.3) is 0 Å². The monoisotopic (exact) mass is 259 g/mol. The lowest BCUT2D eigenvalue weighted by atomic mass is 10.5. The van der Waals surface area contributed by atoms with Crippen LogP contribution in [0.4, 0.5) is 0 Å². The molecule has 0 bridgehead atoms. The third kappa shape index (κ3) is 4.78. The molecule has 14 heavy (non-hydrogen) atoms. The number of alkyl halides is 1. The van der Waals surface area contributed by atoms with Gasteiger partial charge in [-0.3, -0.25) is 4.68 Å². The third-order valence-electron chi connectivity index (χ3n) is 1.41. The quantitative estimate of drug-likeness (QED) is 0.739. The highest BCUT2D eigenvalue weighted by Crippen LogP contribution is 1.97. The fourth-order valence-corrected chi connectivity index (χ4v) is 1.41. The van der Waals surface area contributed by atoms with Gasteiger partial charge in [0, 0.05) is 12.5 Å². The van der Waals surface area contributed by atoms with Gasteiger partial charge in [0.2, 0.25) is 0 Å². The van der Waals surface area contributed by atoms with Crippen LogP contribution in [0.15, 0.2) is 6.20 Å². The summed E-state index contributed by atoms with van der Waals surface area (Å²) in [6.07, 6.45) is 2.82. The Balaban J connectivity index is 0.00000169. The van der Waals surface area contributed by atoms with Gasteiger partial charge < -0.3 is 0 Å². The first kappa shape index (κ1) is 13.7. The van der Waals surface area contributed by atoms with Gasteiger partial charge in [0.15, 0.2) is 0 Å². The number of aromatic nitrogens is 3. The number of hydrogen-bond acceptors (Lipinski definition) is 4. The third-order valence-corrected chi connectivity index (χ3v) is 2.61. The van der Waals surface area contributed by atoms with Crippen LogP contribution in [-0.2, 0) is 22.3 Å². The van der Waals surface area contributed by atoms with Crippen LogP contribution in [-0.4, -0.2) is 35.4 Å². The summed E-state index contributed by atoms with van der Waals surface area (Å²) >= 11 is 5.50.